The summed E-state index contributed by atoms with van der Waals surface area (Å²) in [4.78, 5) is 12.4. The van der Waals surface area contributed by atoms with Gasteiger partial charge in [-0.15, -0.1) is 6.58 Å². The summed E-state index contributed by atoms with van der Waals surface area (Å²) in [6.45, 7) is 7.32. The summed E-state index contributed by atoms with van der Waals surface area (Å²) in [5, 5.41) is 0. The lowest BCUT2D eigenvalue weighted by molar-refractivity contribution is 0.0734. The molecule has 4 nitrogen and oxygen atoms in total. The van der Waals surface area contributed by atoms with E-state index in [4.69, 9.17) is 14.2 Å². The van der Waals surface area contributed by atoms with Gasteiger partial charge in [-0.3, -0.25) is 0 Å². The van der Waals surface area contributed by atoms with Gasteiger partial charge in [-0.25, -0.2) is 4.79 Å². The van der Waals surface area contributed by atoms with Gasteiger partial charge in [0.05, 0.1) is 18.8 Å². The molecule has 2 aromatic carbocycles. The second kappa shape index (κ2) is 16.0. The van der Waals surface area contributed by atoms with Gasteiger partial charge in [0.15, 0.2) is 0 Å². The number of benzene rings is 2. The minimum atomic E-state index is -0.385. The maximum absolute atomic E-state index is 12.4. The molecule has 0 aliphatic rings. The van der Waals surface area contributed by atoms with E-state index >= 15 is 0 Å². The Morgan fingerprint density at radius 2 is 1.22 bits per heavy atom. The first-order valence-corrected chi connectivity index (χ1v) is 12.0. The first-order valence-electron chi connectivity index (χ1n) is 12.0. The largest absolute Gasteiger partial charge is 0.494 e. The molecule has 32 heavy (non-hydrogen) atoms. The number of esters is 1. The fourth-order valence-electron chi connectivity index (χ4n) is 3.29. The van der Waals surface area contributed by atoms with E-state index in [-0.39, 0.29) is 5.97 Å². The lowest BCUT2D eigenvalue weighted by Gasteiger charge is -2.09. The molecule has 0 unspecified atom stereocenters. The molecule has 0 saturated heterocycles. The molecule has 2 aromatic rings. The van der Waals surface area contributed by atoms with E-state index in [1.165, 1.54) is 38.5 Å². The van der Waals surface area contributed by atoms with Crippen molar-refractivity contribution in [2.24, 2.45) is 0 Å². The lowest BCUT2D eigenvalue weighted by Crippen LogP contribution is -2.08. The molecule has 0 heterocycles. The van der Waals surface area contributed by atoms with E-state index in [0.717, 1.165) is 37.2 Å². The van der Waals surface area contributed by atoms with Crippen molar-refractivity contribution in [1.82, 2.24) is 0 Å². The number of allylic oxidation sites excluding steroid dienone is 1. The Kier molecular flexibility index (Phi) is 12.7. The minimum Gasteiger partial charge on any atom is -0.494 e. The Balaban J connectivity index is 1.65. The number of hydrogen-bond donors (Lipinski definition) is 0. The van der Waals surface area contributed by atoms with Crippen LogP contribution in [-0.2, 0) is 0 Å². The maximum atomic E-state index is 12.4. The van der Waals surface area contributed by atoms with Crippen LogP contribution in [0, 0.1) is 0 Å². The summed E-state index contributed by atoms with van der Waals surface area (Å²) in [5.74, 6) is 1.68. The zero-order valence-corrected chi connectivity index (χ0v) is 19.5. The predicted molar refractivity (Wildman–Crippen MR) is 131 cm³/mol. The number of rotatable bonds is 17. The van der Waals surface area contributed by atoms with E-state index < -0.39 is 0 Å². The zero-order valence-electron chi connectivity index (χ0n) is 19.5. The number of unbranched alkanes of at least 4 members (excludes halogenated alkanes) is 8. The quantitative estimate of drug-likeness (QED) is 0.109. The summed E-state index contributed by atoms with van der Waals surface area (Å²) >= 11 is 0. The van der Waals surface area contributed by atoms with E-state index in [1.54, 1.807) is 24.3 Å². The van der Waals surface area contributed by atoms with Crippen molar-refractivity contribution in [2.45, 2.75) is 71.1 Å². The number of carbonyl (C=O) groups excluding carboxylic acids is 1. The van der Waals surface area contributed by atoms with Gasteiger partial charge in [-0.05, 0) is 74.2 Å². The van der Waals surface area contributed by atoms with Gasteiger partial charge < -0.3 is 14.2 Å². The summed E-state index contributed by atoms with van der Waals surface area (Å²) in [7, 11) is 0. The Morgan fingerprint density at radius 1 is 0.719 bits per heavy atom. The molecule has 4 heteroatoms. The molecule has 0 fully saturated rings. The second-order valence-corrected chi connectivity index (χ2v) is 7.99. The van der Waals surface area contributed by atoms with Crippen LogP contribution in [0.5, 0.6) is 17.2 Å². The molecule has 0 radical (unpaired) electrons. The first-order chi connectivity index (χ1) is 15.7. The summed E-state index contributed by atoms with van der Waals surface area (Å²) in [6.07, 6.45) is 13.8. The highest BCUT2D eigenvalue weighted by Crippen LogP contribution is 2.20. The summed E-state index contributed by atoms with van der Waals surface area (Å²) < 4.78 is 16.9. The van der Waals surface area contributed by atoms with Crippen LogP contribution >= 0.6 is 0 Å². The molecule has 0 aromatic heterocycles. The first kappa shape index (κ1) is 25.5. The van der Waals surface area contributed by atoms with Crippen LogP contribution in [0.15, 0.2) is 61.2 Å². The van der Waals surface area contributed by atoms with E-state index in [1.807, 2.05) is 30.3 Å². The van der Waals surface area contributed by atoms with Crippen LogP contribution in [0.25, 0.3) is 0 Å². The topological polar surface area (TPSA) is 44.8 Å². The monoisotopic (exact) mass is 438 g/mol. The molecule has 0 aliphatic heterocycles. The van der Waals surface area contributed by atoms with Gasteiger partial charge in [-0.2, -0.15) is 0 Å². The van der Waals surface area contributed by atoms with Crippen LogP contribution in [0.3, 0.4) is 0 Å². The number of ether oxygens (including phenoxy) is 3. The molecular formula is C28H38O4. The molecule has 0 amide bonds. The van der Waals surface area contributed by atoms with Crippen molar-refractivity contribution in [3.63, 3.8) is 0 Å². The van der Waals surface area contributed by atoms with Gasteiger partial charge in [-0.1, -0.05) is 51.5 Å². The third-order valence-electron chi connectivity index (χ3n) is 5.21. The molecule has 0 saturated carbocycles. The third-order valence-corrected chi connectivity index (χ3v) is 5.21. The highest BCUT2D eigenvalue weighted by Gasteiger charge is 2.09. The predicted octanol–water partition coefficient (Wildman–Crippen LogP) is 7.77. The highest BCUT2D eigenvalue weighted by molar-refractivity contribution is 5.91. The zero-order chi connectivity index (χ0) is 22.9. The highest BCUT2D eigenvalue weighted by atomic mass is 16.5. The smallest absolute Gasteiger partial charge is 0.343 e. The van der Waals surface area contributed by atoms with Gasteiger partial charge in [0.1, 0.15) is 17.2 Å². The molecule has 0 aliphatic carbocycles. The SMILES string of the molecule is C=CCCCCCCCCOc1ccc(C(=O)Oc2ccc(OCCCCC)cc2)cc1. The Morgan fingerprint density at radius 3 is 1.81 bits per heavy atom. The molecular weight excluding hydrogens is 400 g/mol. The average Bonchev–Trinajstić information content (AvgIpc) is 2.82. The summed E-state index contributed by atoms with van der Waals surface area (Å²) in [6, 6.07) is 14.3. The minimum absolute atomic E-state index is 0.385. The van der Waals surface area contributed by atoms with Crippen molar-refractivity contribution in [1.29, 1.82) is 0 Å². The van der Waals surface area contributed by atoms with Crippen molar-refractivity contribution in [3.05, 3.63) is 66.7 Å². The van der Waals surface area contributed by atoms with Gasteiger partial charge in [0.25, 0.3) is 0 Å². The Hall–Kier alpha value is -2.75. The van der Waals surface area contributed by atoms with Gasteiger partial charge in [0, 0.05) is 0 Å². The maximum Gasteiger partial charge on any atom is 0.343 e. The van der Waals surface area contributed by atoms with Crippen molar-refractivity contribution >= 4 is 5.97 Å². The second-order valence-electron chi connectivity index (χ2n) is 7.99. The molecule has 0 spiro atoms. The fourth-order valence-corrected chi connectivity index (χ4v) is 3.29. The van der Waals surface area contributed by atoms with E-state index in [2.05, 4.69) is 13.5 Å². The van der Waals surface area contributed by atoms with Crippen LogP contribution in [0.4, 0.5) is 0 Å². The summed E-state index contributed by atoms with van der Waals surface area (Å²) in [5.41, 5.74) is 0.497. The van der Waals surface area contributed by atoms with Crippen LogP contribution in [0.1, 0.15) is 81.5 Å². The lowest BCUT2D eigenvalue weighted by atomic mass is 10.1. The van der Waals surface area contributed by atoms with Gasteiger partial charge in [0.2, 0.25) is 0 Å². The molecule has 0 bridgehead atoms. The van der Waals surface area contributed by atoms with Gasteiger partial charge >= 0.3 is 5.97 Å². The van der Waals surface area contributed by atoms with E-state index in [0.29, 0.717) is 24.5 Å². The third kappa shape index (κ3) is 10.5. The molecule has 174 valence electrons. The standard InChI is InChI=1S/C28H38O4/c1-3-5-7-8-9-10-11-13-23-31-25-16-14-24(15-17-25)28(29)32-27-20-18-26(19-21-27)30-22-12-6-4-2/h3,14-21H,1,4-13,22-23H2,2H3. The van der Waals surface area contributed by atoms with Crippen LogP contribution in [0.2, 0.25) is 0 Å². The Bertz CT molecular complexity index is 765. The Labute approximate surface area is 193 Å². The number of hydrogen-bond acceptors (Lipinski definition) is 4. The van der Waals surface area contributed by atoms with E-state index in [9.17, 15) is 4.79 Å². The molecule has 0 atom stereocenters. The van der Waals surface area contributed by atoms with Crippen molar-refractivity contribution in [2.75, 3.05) is 13.2 Å². The molecule has 2 rings (SSSR count). The van der Waals surface area contributed by atoms with Crippen molar-refractivity contribution in [3.8, 4) is 17.2 Å². The van der Waals surface area contributed by atoms with Crippen LogP contribution in [-0.4, -0.2) is 19.2 Å². The van der Waals surface area contributed by atoms with Crippen molar-refractivity contribution < 1.29 is 19.0 Å². The number of carbonyl (C=O) groups is 1. The average molecular weight is 439 g/mol. The normalized spacial score (nSPS) is 10.5. The van der Waals surface area contributed by atoms with Crippen LogP contribution < -0.4 is 14.2 Å². The molecule has 0 N–H and O–H groups in total. The fraction of sp³-hybridized carbons (Fsp3) is 0.464.